The lowest BCUT2D eigenvalue weighted by Crippen LogP contribution is -2.53. The van der Waals surface area contributed by atoms with Gasteiger partial charge in [0.05, 0.1) is 11.9 Å². The summed E-state index contributed by atoms with van der Waals surface area (Å²) < 4.78 is 0. The van der Waals surface area contributed by atoms with Crippen molar-refractivity contribution in [3.8, 4) is 0 Å². The zero-order valence-corrected chi connectivity index (χ0v) is 12.9. The van der Waals surface area contributed by atoms with Gasteiger partial charge in [0.15, 0.2) is 5.96 Å². The van der Waals surface area contributed by atoms with E-state index in [1.807, 2.05) is 0 Å². The Balaban J connectivity index is 1.46. The number of nitrogens with one attached hydrogen (secondary N) is 1. The number of guanidine groups is 1. The lowest BCUT2D eigenvalue weighted by Gasteiger charge is -2.41. The average molecular weight is 289 g/mol. The van der Waals surface area contributed by atoms with Crippen molar-refractivity contribution in [1.29, 1.82) is 0 Å². The van der Waals surface area contributed by atoms with Gasteiger partial charge in [0.25, 0.3) is 0 Å². The summed E-state index contributed by atoms with van der Waals surface area (Å²) in [6, 6.07) is 0.468. The highest BCUT2D eigenvalue weighted by molar-refractivity contribution is 5.83. The molecular weight excluding hydrogens is 262 g/mol. The van der Waals surface area contributed by atoms with E-state index in [9.17, 15) is 0 Å². The molecule has 0 saturated carbocycles. The zero-order valence-electron chi connectivity index (χ0n) is 12.9. The predicted octanol–water partition coefficient (Wildman–Crippen LogP) is 1.31. The Hall–Kier alpha value is -1.26. The van der Waals surface area contributed by atoms with Gasteiger partial charge in [-0.1, -0.05) is 6.42 Å². The molecule has 0 bridgehead atoms. The monoisotopic (exact) mass is 289 g/mol. The van der Waals surface area contributed by atoms with Gasteiger partial charge in [-0.25, -0.2) is 4.99 Å². The molecule has 1 N–H and O–H groups in total. The van der Waals surface area contributed by atoms with Crippen molar-refractivity contribution in [3.05, 3.63) is 0 Å². The highest BCUT2D eigenvalue weighted by Crippen LogP contribution is 2.25. The fourth-order valence-corrected chi connectivity index (χ4v) is 4.12. The molecule has 0 amide bonds. The number of hydrogen-bond acceptors (Lipinski definition) is 5. The van der Waals surface area contributed by atoms with Gasteiger partial charge >= 0.3 is 0 Å². The second kappa shape index (κ2) is 5.85. The number of fused-ring (bicyclic) bond motifs is 2. The van der Waals surface area contributed by atoms with Gasteiger partial charge in [-0.2, -0.15) is 0 Å². The second-order valence-corrected chi connectivity index (χ2v) is 6.85. The third kappa shape index (κ3) is 2.74. The van der Waals surface area contributed by atoms with Crippen LogP contribution in [0.3, 0.4) is 0 Å². The van der Waals surface area contributed by atoms with E-state index in [0.29, 0.717) is 12.0 Å². The molecule has 4 rings (SSSR count). The molecule has 0 aromatic carbocycles. The van der Waals surface area contributed by atoms with Crippen LogP contribution in [0.15, 0.2) is 9.98 Å². The summed E-state index contributed by atoms with van der Waals surface area (Å²) in [4.78, 5) is 14.9. The first-order valence-electron chi connectivity index (χ1n) is 8.75. The fraction of sp³-hybridized carbons (Fsp3) is 0.875. The Kier molecular flexibility index (Phi) is 3.74. The molecule has 116 valence electrons. The Morgan fingerprint density at radius 2 is 1.95 bits per heavy atom. The average Bonchev–Trinajstić information content (AvgIpc) is 2.79. The van der Waals surface area contributed by atoms with Crippen molar-refractivity contribution in [2.24, 2.45) is 15.9 Å². The fourth-order valence-electron chi connectivity index (χ4n) is 4.12. The van der Waals surface area contributed by atoms with Crippen LogP contribution in [0.2, 0.25) is 0 Å². The first kappa shape index (κ1) is 13.4. The molecule has 5 nitrogen and oxygen atoms in total. The summed E-state index contributed by atoms with van der Waals surface area (Å²) in [5.41, 5.74) is 0. The van der Waals surface area contributed by atoms with Gasteiger partial charge in [-0.15, -0.1) is 0 Å². The van der Waals surface area contributed by atoms with Gasteiger partial charge in [0, 0.05) is 51.6 Å². The molecule has 2 unspecified atom stereocenters. The van der Waals surface area contributed by atoms with Crippen LogP contribution in [0.1, 0.15) is 38.5 Å². The molecule has 4 aliphatic rings. The second-order valence-electron chi connectivity index (χ2n) is 6.85. The molecule has 21 heavy (non-hydrogen) atoms. The van der Waals surface area contributed by atoms with Gasteiger partial charge in [0.2, 0.25) is 0 Å². The van der Waals surface area contributed by atoms with E-state index in [1.54, 1.807) is 0 Å². The van der Waals surface area contributed by atoms with Gasteiger partial charge in [-0.3, -0.25) is 4.99 Å². The minimum atomic E-state index is 0.468. The SMILES string of the molecule is C1CCC2=NCC(C3CCN4CCCNC4=N3)CN2CC1. The highest BCUT2D eigenvalue weighted by Gasteiger charge is 2.33. The van der Waals surface area contributed by atoms with Crippen molar-refractivity contribution in [2.75, 3.05) is 39.3 Å². The normalized spacial score (nSPS) is 33.1. The molecule has 5 heteroatoms. The van der Waals surface area contributed by atoms with Crippen LogP contribution in [0, 0.1) is 5.92 Å². The van der Waals surface area contributed by atoms with E-state index in [2.05, 4.69) is 15.1 Å². The number of rotatable bonds is 1. The van der Waals surface area contributed by atoms with E-state index in [0.717, 1.165) is 19.0 Å². The quantitative estimate of drug-likeness (QED) is 0.791. The molecule has 4 heterocycles. The molecule has 2 fully saturated rings. The van der Waals surface area contributed by atoms with Crippen LogP contribution in [0.25, 0.3) is 0 Å². The van der Waals surface area contributed by atoms with Crippen molar-refractivity contribution in [1.82, 2.24) is 15.1 Å². The van der Waals surface area contributed by atoms with Crippen LogP contribution in [-0.2, 0) is 0 Å². The maximum atomic E-state index is 5.02. The summed E-state index contributed by atoms with van der Waals surface area (Å²) in [5.74, 6) is 3.15. The molecule has 0 radical (unpaired) electrons. The van der Waals surface area contributed by atoms with E-state index in [1.165, 1.54) is 70.5 Å². The molecule has 2 saturated heterocycles. The Labute approximate surface area is 127 Å². The van der Waals surface area contributed by atoms with Crippen molar-refractivity contribution in [2.45, 2.75) is 44.6 Å². The third-order valence-corrected chi connectivity index (χ3v) is 5.37. The van der Waals surface area contributed by atoms with Crippen LogP contribution in [0.4, 0.5) is 0 Å². The first-order valence-corrected chi connectivity index (χ1v) is 8.75. The van der Waals surface area contributed by atoms with Crippen molar-refractivity contribution < 1.29 is 0 Å². The van der Waals surface area contributed by atoms with Gasteiger partial charge in [-0.05, 0) is 25.7 Å². The molecular formula is C16H27N5. The first-order chi connectivity index (χ1) is 10.4. The van der Waals surface area contributed by atoms with Crippen LogP contribution < -0.4 is 5.32 Å². The molecule has 0 aliphatic carbocycles. The van der Waals surface area contributed by atoms with Crippen LogP contribution in [0.5, 0.6) is 0 Å². The van der Waals surface area contributed by atoms with Crippen LogP contribution in [-0.4, -0.2) is 66.9 Å². The van der Waals surface area contributed by atoms with Gasteiger partial charge < -0.3 is 15.1 Å². The lowest BCUT2D eigenvalue weighted by atomic mass is 9.93. The predicted molar refractivity (Wildman–Crippen MR) is 85.9 cm³/mol. The van der Waals surface area contributed by atoms with E-state index >= 15 is 0 Å². The summed E-state index contributed by atoms with van der Waals surface area (Å²) in [7, 11) is 0. The number of aliphatic imine (C=N–C) groups is 2. The standard InChI is InChI=1S/C16H27N5/c1-2-5-15-18-11-13(12-21(15)8-3-1)14-6-10-20-9-4-7-17-16(20)19-14/h13-14H,1-12H2,(H,17,19). The van der Waals surface area contributed by atoms with E-state index < -0.39 is 0 Å². The van der Waals surface area contributed by atoms with Gasteiger partial charge in [0.1, 0.15) is 0 Å². The van der Waals surface area contributed by atoms with E-state index in [-0.39, 0.29) is 0 Å². The van der Waals surface area contributed by atoms with Crippen LogP contribution >= 0.6 is 0 Å². The zero-order chi connectivity index (χ0) is 14.1. The summed E-state index contributed by atoms with van der Waals surface area (Å²) in [6.07, 6.45) is 7.67. The Morgan fingerprint density at radius 1 is 1.00 bits per heavy atom. The minimum absolute atomic E-state index is 0.468. The number of hydrogen-bond donors (Lipinski definition) is 1. The summed E-state index contributed by atoms with van der Waals surface area (Å²) in [5, 5.41) is 3.48. The Bertz CT molecular complexity index is 444. The smallest absolute Gasteiger partial charge is 0.194 e. The molecule has 4 aliphatic heterocycles. The minimum Gasteiger partial charge on any atom is -0.360 e. The summed E-state index contributed by atoms with van der Waals surface area (Å²) >= 11 is 0. The summed E-state index contributed by atoms with van der Waals surface area (Å²) in [6.45, 7) is 6.82. The maximum Gasteiger partial charge on any atom is 0.194 e. The maximum absolute atomic E-state index is 5.02. The van der Waals surface area contributed by atoms with E-state index in [4.69, 9.17) is 9.98 Å². The molecule has 2 atom stereocenters. The topological polar surface area (TPSA) is 43.2 Å². The highest BCUT2D eigenvalue weighted by atomic mass is 15.3. The Morgan fingerprint density at radius 3 is 2.95 bits per heavy atom. The molecule has 0 aromatic heterocycles. The number of amidine groups is 1. The van der Waals surface area contributed by atoms with Crippen molar-refractivity contribution in [3.63, 3.8) is 0 Å². The third-order valence-electron chi connectivity index (χ3n) is 5.37. The molecule has 0 aromatic rings. The largest absolute Gasteiger partial charge is 0.360 e. The lowest BCUT2D eigenvalue weighted by molar-refractivity contribution is 0.243. The van der Waals surface area contributed by atoms with Crippen molar-refractivity contribution >= 4 is 11.8 Å². The molecule has 0 spiro atoms. The number of nitrogens with zero attached hydrogens (tertiary/aromatic N) is 4.